The van der Waals surface area contributed by atoms with Crippen LogP contribution in [0.2, 0.25) is 0 Å². The van der Waals surface area contributed by atoms with Gasteiger partial charge in [0.25, 0.3) is 0 Å². The largest absolute Gasteiger partial charge is 0.490 e. The van der Waals surface area contributed by atoms with Crippen LogP contribution >= 0.6 is 7.60 Å². The number of nitrogens with one attached hydrogen (secondary N) is 1. The Kier molecular flexibility index (Phi) is 12.0. The van der Waals surface area contributed by atoms with Crippen molar-refractivity contribution >= 4 is 31.3 Å². The molecular weight excluding hydrogens is 568 g/mol. The van der Waals surface area contributed by atoms with Crippen LogP contribution in [0.1, 0.15) is 12.5 Å². The Morgan fingerprint density at radius 3 is 1.78 bits per heavy atom. The van der Waals surface area contributed by atoms with E-state index in [1.807, 2.05) is 12.1 Å². The van der Waals surface area contributed by atoms with Gasteiger partial charge in [-0.3, -0.25) is 0 Å². The van der Waals surface area contributed by atoms with Crippen molar-refractivity contribution in [3.8, 4) is 11.5 Å². The zero-order valence-corrected chi connectivity index (χ0v) is 22.5. The molecule has 0 aliphatic rings. The van der Waals surface area contributed by atoms with Crippen molar-refractivity contribution < 1.29 is 46.2 Å². The molecule has 0 spiro atoms. The van der Waals surface area contributed by atoms with Crippen LogP contribution in [-0.4, -0.2) is 41.7 Å². The summed E-state index contributed by atoms with van der Waals surface area (Å²) in [5, 5.41) is 9.78. The van der Waals surface area contributed by atoms with Crippen LogP contribution in [0.15, 0.2) is 89.9 Å². The number of aliphatic imine (C=N–C) groups is 1. The highest BCUT2D eigenvalue weighted by Crippen LogP contribution is 2.53. The van der Waals surface area contributed by atoms with Crippen LogP contribution in [0, 0.1) is 0 Å². The summed E-state index contributed by atoms with van der Waals surface area (Å²) in [5.41, 5.74) is 12.2. The molecule has 220 valence electrons. The summed E-state index contributed by atoms with van der Waals surface area (Å²) in [6, 6.07) is 24.2. The first kappa shape index (κ1) is 32.5. The van der Waals surface area contributed by atoms with Crippen molar-refractivity contribution in [2.24, 2.45) is 16.5 Å². The molecule has 0 saturated heterocycles. The highest BCUT2D eigenvalue weighted by atomic mass is 31.2. The van der Waals surface area contributed by atoms with Gasteiger partial charge in [-0.25, -0.2) is 19.1 Å². The third kappa shape index (κ3) is 11.5. The molecule has 0 fully saturated rings. The minimum atomic E-state index is -5.08. The number of hydrogen-bond donors (Lipinski definition) is 4. The van der Waals surface area contributed by atoms with Gasteiger partial charge in [0.05, 0.1) is 12.3 Å². The molecule has 3 aromatic rings. The normalized spacial score (nSPS) is 11.6. The van der Waals surface area contributed by atoms with Crippen molar-refractivity contribution in [2.45, 2.75) is 25.3 Å². The smallest absolute Gasteiger partial charge is 0.475 e. The van der Waals surface area contributed by atoms with Gasteiger partial charge in [-0.15, -0.1) is 0 Å². The Balaban J connectivity index is 0.000000745. The van der Waals surface area contributed by atoms with Crippen LogP contribution in [0.3, 0.4) is 0 Å². The number of alkyl carbamates (subject to hydrolysis) is 1. The summed E-state index contributed by atoms with van der Waals surface area (Å²) in [7, 11) is -4.03. The van der Waals surface area contributed by atoms with E-state index < -0.39 is 31.6 Å². The topological polar surface area (TPSA) is 176 Å². The number of ether oxygens (including phenoxy) is 1. The fourth-order valence-corrected chi connectivity index (χ4v) is 4.85. The predicted octanol–water partition coefficient (Wildman–Crippen LogP) is 5.19. The molecule has 1 amide bonds. The fraction of sp³-hybridized carbons (Fsp3) is 0.192. The molecule has 0 saturated carbocycles. The zero-order valence-electron chi connectivity index (χ0n) is 21.7. The second-order valence-corrected chi connectivity index (χ2v) is 10.0. The molecular formula is C26H28F3N4O7P. The highest BCUT2D eigenvalue weighted by molar-refractivity contribution is 7.55. The number of alkyl halides is 3. The first-order chi connectivity index (χ1) is 19.3. The monoisotopic (exact) mass is 596 g/mol. The zero-order chi connectivity index (χ0) is 30.5. The number of guanidine groups is 1. The van der Waals surface area contributed by atoms with Gasteiger partial charge in [-0.05, 0) is 48.9 Å². The maximum absolute atomic E-state index is 14.2. The number of hydrogen-bond acceptors (Lipinski definition) is 7. The van der Waals surface area contributed by atoms with Crippen molar-refractivity contribution in [1.82, 2.24) is 5.32 Å². The first-order valence-electron chi connectivity index (χ1n) is 11.8. The van der Waals surface area contributed by atoms with Gasteiger partial charge in [0.2, 0.25) is 0 Å². The van der Waals surface area contributed by atoms with Crippen molar-refractivity contribution in [3.63, 3.8) is 0 Å². The predicted molar refractivity (Wildman–Crippen MR) is 145 cm³/mol. The number of nitrogens with two attached hydrogens (primary N) is 2. The van der Waals surface area contributed by atoms with Crippen LogP contribution in [0.25, 0.3) is 0 Å². The minimum Gasteiger partial charge on any atom is -0.475 e. The number of carboxylic acids is 1. The Labute approximate surface area is 233 Å². The van der Waals surface area contributed by atoms with E-state index >= 15 is 0 Å². The van der Waals surface area contributed by atoms with Gasteiger partial charge >= 0.3 is 25.8 Å². The quantitative estimate of drug-likeness (QED) is 0.139. The lowest BCUT2D eigenvalue weighted by Gasteiger charge is -2.28. The molecule has 0 aliphatic carbocycles. The minimum absolute atomic E-state index is 0.0633. The molecule has 3 aromatic carbocycles. The number of carboxylic acid groups (broad SMARTS) is 1. The average molecular weight is 596 g/mol. The molecule has 11 nitrogen and oxygen atoms in total. The lowest BCUT2D eigenvalue weighted by atomic mass is 10.1. The molecule has 0 aliphatic heterocycles. The summed E-state index contributed by atoms with van der Waals surface area (Å²) in [4.78, 5) is 25.2. The second-order valence-electron chi connectivity index (χ2n) is 7.94. The van der Waals surface area contributed by atoms with Gasteiger partial charge in [0, 0.05) is 6.42 Å². The molecule has 41 heavy (non-hydrogen) atoms. The maximum atomic E-state index is 14.2. The number of carbonyl (C=O) groups excluding carboxylic acids is 1. The Hall–Kier alpha value is -4.71. The van der Waals surface area contributed by atoms with Crippen LogP contribution in [0.4, 0.5) is 23.7 Å². The summed E-state index contributed by atoms with van der Waals surface area (Å²) >= 11 is 0. The summed E-state index contributed by atoms with van der Waals surface area (Å²) < 4.78 is 62.8. The van der Waals surface area contributed by atoms with Crippen LogP contribution in [0.5, 0.6) is 11.5 Å². The van der Waals surface area contributed by atoms with E-state index in [-0.39, 0.29) is 19.0 Å². The Morgan fingerprint density at radius 1 is 0.927 bits per heavy atom. The van der Waals surface area contributed by atoms with Crippen LogP contribution in [-0.2, 0) is 20.5 Å². The lowest BCUT2D eigenvalue weighted by Crippen LogP contribution is -2.39. The molecule has 0 radical (unpaired) electrons. The molecule has 0 aromatic heterocycles. The average Bonchev–Trinajstić information content (AvgIpc) is 2.90. The third-order valence-electron chi connectivity index (χ3n) is 4.76. The van der Waals surface area contributed by atoms with E-state index in [1.54, 1.807) is 79.7 Å². The van der Waals surface area contributed by atoms with Crippen molar-refractivity contribution in [2.75, 3.05) is 6.61 Å². The number of rotatable bonds is 10. The Morgan fingerprint density at radius 2 is 1.39 bits per heavy atom. The molecule has 0 bridgehead atoms. The first-order valence-corrected chi connectivity index (χ1v) is 13.4. The van der Waals surface area contributed by atoms with Gasteiger partial charge in [0.15, 0.2) is 11.7 Å². The van der Waals surface area contributed by atoms with Crippen molar-refractivity contribution in [1.29, 1.82) is 0 Å². The molecule has 1 unspecified atom stereocenters. The molecule has 1 atom stereocenters. The second kappa shape index (κ2) is 15.2. The SMILES string of the molecule is CCOC(=O)NC(Cc1ccc(N=C(N)N)cc1)P(=O)(Oc1ccccc1)Oc1ccccc1.O=C(O)C(F)(F)F. The number of para-hydroxylation sites is 2. The number of aliphatic carboxylic acids is 1. The molecule has 15 heteroatoms. The number of benzene rings is 3. The van der Waals surface area contributed by atoms with Crippen molar-refractivity contribution in [3.05, 3.63) is 90.5 Å². The summed E-state index contributed by atoms with van der Waals surface area (Å²) in [6.45, 7) is 1.83. The summed E-state index contributed by atoms with van der Waals surface area (Å²) in [6.07, 6.45) is -5.70. The fourth-order valence-electron chi connectivity index (χ4n) is 3.03. The van der Waals surface area contributed by atoms with Gasteiger partial charge in [0.1, 0.15) is 11.5 Å². The van der Waals surface area contributed by atoms with E-state index in [2.05, 4.69) is 10.3 Å². The van der Waals surface area contributed by atoms with Crippen LogP contribution < -0.4 is 25.8 Å². The summed E-state index contributed by atoms with van der Waals surface area (Å²) in [5.74, 6) is -3.22. The van der Waals surface area contributed by atoms with E-state index in [0.29, 0.717) is 17.2 Å². The number of amides is 1. The highest BCUT2D eigenvalue weighted by Gasteiger charge is 2.41. The number of halogens is 3. The van der Waals surface area contributed by atoms with E-state index in [9.17, 15) is 22.5 Å². The molecule has 6 N–H and O–H groups in total. The van der Waals surface area contributed by atoms with E-state index in [4.69, 9.17) is 35.2 Å². The number of carbonyl (C=O) groups is 2. The van der Waals surface area contributed by atoms with Gasteiger partial charge < -0.3 is 35.7 Å². The van der Waals surface area contributed by atoms with Gasteiger partial charge in [-0.2, -0.15) is 13.2 Å². The van der Waals surface area contributed by atoms with E-state index in [0.717, 1.165) is 5.56 Å². The van der Waals surface area contributed by atoms with E-state index in [1.165, 1.54) is 0 Å². The molecule has 3 rings (SSSR count). The Bertz CT molecular complexity index is 1290. The standard InChI is InChI=1S/C24H27N4O5P.C2HF3O2/c1-2-31-24(29)28-22(17-18-13-15-19(16-14-18)27-23(25)26)34(30,32-20-9-5-3-6-10-20)33-21-11-7-4-8-12-21;3-2(4,5)1(6)7/h3-16,22H,2,17H2,1H3,(H,28,29)(H4,25,26,27);(H,6,7). The third-order valence-corrected chi connectivity index (χ3v) is 6.77. The lowest BCUT2D eigenvalue weighted by molar-refractivity contribution is -0.192. The molecule has 0 heterocycles. The number of nitrogens with zero attached hydrogens (tertiary/aromatic N) is 1. The van der Waals surface area contributed by atoms with Gasteiger partial charge in [-0.1, -0.05) is 48.5 Å². The maximum Gasteiger partial charge on any atom is 0.490 e.